The molecule has 2 aliphatic heterocycles. The van der Waals surface area contributed by atoms with Gasteiger partial charge >= 0.3 is 6.18 Å². The molecule has 0 aromatic heterocycles. The largest absolute Gasteiger partial charge is 0.393 e. The number of benzene rings is 1. The molecule has 4 nitrogen and oxygen atoms in total. The van der Waals surface area contributed by atoms with Gasteiger partial charge in [-0.3, -0.25) is 19.4 Å². The maximum absolute atomic E-state index is 12.9. The molecule has 3 rings (SSSR count). The highest BCUT2D eigenvalue weighted by Crippen LogP contribution is 2.35. The molecule has 1 aromatic rings. The summed E-state index contributed by atoms with van der Waals surface area (Å²) < 4.78 is 38.6. The Morgan fingerprint density at radius 2 is 1.62 bits per heavy atom. The number of alkyl halides is 3. The van der Waals surface area contributed by atoms with E-state index in [4.69, 9.17) is 23.2 Å². The summed E-state index contributed by atoms with van der Waals surface area (Å²) in [4.78, 5) is 27.2. The molecule has 2 amide bonds. The Bertz CT molecular complexity index is 668. The summed E-state index contributed by atoms with van der Waals surface area (Å²) >= 11 is 11.7. The second-order valence-corrected chi connectivity index (χ2v) is 6.76. The Morgan fingerprint density at radius 1 is 1.08 bits per heavy atom. The summed E-state index contributed by atoms with van der Waals surface area (Å²) in [6, 6.07) is 2.63. The van der Waals surface area contributed by atoms with Crippen LogP contribution in [0.25, 0.3) is 0 Å². The third-order valence-corrected chi connectivity index (χ3v) is 5.04. The van der Waals surface area contributed by atoms with E-state index < -0.39 is 23.9 Å². The van der Waals surface area contributed by atoms with Gasteiger partial charge in [-0.2, -0.15) is 13.2 Å². The summed E-state index contributed by atoms with van der Waals surface area (Å²) in [7, 11) is 0. The Morgan fingerprint density at radius 3 is 2.12 bits per heavy atom. The number of hydrogen-bond acceptors (Lipinski definition) is 3. The summed E-state index contributed by atoms with van der Waals surface area (Å²) in [6.07, 6.45) is -3.85. The van der Waals surface area contributed by atoms with E-state index in [1.807, 2.05) is 0 Å². The van der Waals surface area contributed by atoms with Crippen LogP contribution in [0.15, 0.2) is 12.1 Å². The van der Waals surface area contributed by atoms with Gasteiger partial charge < -0.3 is 0 Å². The van der Waals surface area contributed by atoms with Gasteiger partial charge in [0.25, 0.3) is 11.8 Å². The van der Waals surface area contributed by atoms with Crippen molar-refractivity contribution >= 4 is 35.0 Å². The number of carbonyl (C=O) groups is 2. The second-order valence-electron chi connectivity index (χ2n) is 5.95. The standard InChI is InChI=1S/C15H13Cl2F3N2O2/c16-11-4-9-10(5-12(11)17)14(24)22(13(9)23)7-21-3-1-2-8(6-21)15(18,19)20/h4-5,8H,1-3,6-7H2. The number of halogens is 5. The molecule has 0 aliphatic carbocycles. The van der Waals surface area contributed by atoms with Crippen LogP contribution in [-0.4, -0.2) is 47.5 Å². The number of fused-ring (bicyclic) bond motifs is 1. The third kappa shape index (κ3) is 3.12. The molecule has 1 fully saturated rings. The van der Waals surface area contributed by atoms with Crippen LogP contribution in [0, 0.1) is 5.92 Å². The van der Waals surface area contributed by atoms with E-state index >= 15 is 0 Å². The van der Waals surface area contributed by atoms with Gasteiger partial charge in [-0.15, -0.1) is 0 Å². The van der Waals surface area contributed by atoms with E-state index in [0.717, 1.165) is 4.90 Å². The average molecular weight is 381 g/mol. The molecule has 0 radical (unpaired) electrons. The number of piperidine rings is 1. The van der Waals surface area contributed by atoms with Crippen molar-refractivity contribution in [2.75, 3.05) is 19.8 Å². The Kier molecular flexibility index (Phi) is 4.53. The molecule has 1 aromatic carbocycles. The third-order valence-electron chi connectivity index (χ3n) is 4.32. The molecule has 130 valence electrons. The molecule has 1 unspecified atom stereocenters. The molecule has 0 saturated carbocycles. The van der Waals surface area contributed by atoms with Gasteiger partial charge in [0.1, 0.15) is 0 Å². The van der Waals surface area contributed by atoms with Crippen LogP contribution in [0.1, 0.15) is 33.6 Å². The normalized spacial score (nSPS) is 22.2. The van der Waals surface area contributed by atoms with Crippen molar-refractivity contribution in [3.8, 4) is 0 Å². The topological polar surface area (TPSA) is 40.6 Å². The zero-order valence-electron chi connectivity index (χ0n) is 12.4. The first-order chi connectivity index (χ1) is 11.2. The molecule has 0 spiro atoms. The first-order valence-electron chi connectivity index (χ1n) is 7.33. The molecule has 1 saturated heterocycles. The summed E-state index contributed by atoms with van der Waals surface area (Å²) in [5.41, 5.74) is 0.248. The Labute approximate surface area is 146 Å². The zero-order valence-corrected chi connectivity index (χ0v) is 13.9. The Balaban J connectivity index is 1.77. The number of rotatable bonds is 2. The lowest BCUT2D eigenvalue weighted by Crippen LogP contribution is -2.48. The number of hydrogen-bond donors (Lipinski definition) is 0. The lowest BCUT2D eigenvalue weighted by Gasteiger charge is -2.35. The number of amides is 2. The molecule has 9 heteroatoms. The van der Waals surface area contributed by atoms with Crippen LogP contribution in [0.2, 0.25) is 10.0 Å². The highest BCUT2D eigenvalue weighted by atomic mass is 35.5. The van der Waals surface area contributed by atoms with Crippen LogP contribution in [0.4, 0.5) is 13.2 Å². The number of nitrogens with zero attached hydrogens (tertiary/aromatic N) is 2. The van der Waals surface area contributed by atoms with Gasteiger partial charge in [0.2, 0.25) is 0 Å². The minimum atomic E-state index is -4.28. The van der Waals surface area contributed by atoms with E-state index in [9.17, 15) is 22.8 Å². The number of likely N-dealkylation sites (tertiary alicyclic amines) is 1. The quantitative estimate of drug-likeness (QED) is 0.732. The molecule has 2 aliphatic rings. The zero-order chi connectivity index (χ0) is 17.6. The van der Waals surface area contributed by atoms with Crippen LogP contribution in [0.3, 0.4) is 0 Å². The monoisotopic (exact) mass is 380 g/mol. The van der Waals surface area contributed by atoms with Crippen LogP contribution < -0.4 is 0 Å². The summed E-state index contributed by atoms with van der Waals surface area (Å²) in [6.45, 7) is 0.00802. The molecule has 1 atom stereocenters. The van der Waals surface area contributed by atoms with Gasteiger partial charge in [0.05, 0.1) is 33.8 Å². The fourth-order valence-corrected chi connectivity index (χ4v) is 3.39. The van der Waals surface area contributed by atoms with Crippen LogP contribution in [0.5, 0.6) is 0 Å². The summed E-state index contributed by atoms with van der Waals surface area (Å²) in [5.74, 6) is -2.57. The van der Waals surface area contributed by atoms with Crippen molar-refractivity contribution in [2.45, 2.75) is 19.0 Å². The van der Waals surface area contributed by atoms with Gasteiger partial charge in [-0.05, 0) is 31.5 Å². The van der Waals surface area contributed by atoms with Gasteiger partial charge in [-0.1, -0.05) is 23.2 Å². The number of carbonyl (C=O) groups excluding carboxylic acids is 2. The van der Waals surface area contributed by atoms with Crippen molar-refractivity contribution in [3.63, 3.8) is 0 Å². The van der Waals surface area contributed by atoms with Gasteiger partial charge in [-0.25, -0.2) is 0 Å². The number of imide groups is 1. The van der Waals surface area contributed by atoms with Crippen molar-refractivity contribution < 1.29 is 22.8 Å². The van der Waals surface area contributed by atoms with E-state index in [-0.39, 0.29) is 40.8 Å². The molecule has 24 heavy (non-hydrogen) atoms. The predicted octanol–water partition coefficient (Wildman–Crippen LogP) is 3.82. The van der Waals surface area contributed by atoms with Crippen molar-refractivity contribution in [1.29, 1.82) is 0 Å². The van der Waals surface area contributed by atoms with E-state index in [1.165, 1.54) is 17.0 Å². The first-order valence-corrected chi connectivity index (χ1v) is 8.08. The van der Waals surface area contributed by atoms with Crippen LogP contribution >= 0.6 is 23.2 Å². The molecule has 2 heterocycles. The minimum Gasteiger partial charge on any atom is -0.285 e. The predicted molar refractivity (Wildman–Crippen MR) is 82.2 cm³/mol. The average Bonchev–Trinajstić information content (AvgIpc) is 2.73. The lowest BCUT2D eigenvalue weighted by molar-refractivity contribution is -0.187. The smallest absolute Gasteiger partial charge is 0.285 e. The first kappa shape index (κ1) is 17.5. The van der Waals surface area contributed by atoms with Crippen LogP contribution in [-0.2, 0) is 0 Å². The van der Waals surface area contributed by atoms with Crippen molar-refractivity contribution in [2.24, 2.45) is 5.92 Å². The highest BCUT2D eigenvalue weighted by Gasteiger charge is 2.43. The lowest BCUT2D eigenvalue weighted by atomic mass is 9.98. The second kappa shape index (κ2) is 6.20. The maximum Gasteiger partial charge on any atom is 0.393 e. The molecule has 0 N–H and O–H groups in total. The van der Waals surface area contributed by atoms with Gasteiger partial charge in [0, 0.05) is 6.54 Å². The minimum absolute atomic E-state index is 0.0628. The van der Waals surface area contributed by atoms with Crippen molar-refractivity contribution in [3.05, 3.63) is 33.3 Å². The van der Waals surface area contributed by atoms with E-state index in [1.54, 1.807) is 0 Å². The van der Waals surface area contributed by atoms with E-state index in [0.29, 0.717) is 13.0 Å². The fourth-order valence-electron chi connectivity index (χ4n) is 3.06. The molecular weight excluding hydrogens is 368 g/mol. The SMILES string of the molecule is O=C1c2cc(Cl)c(Cl)cc2C(=O)N1CN1CCCC(C(F)(F)F)C1. The molecule has 0 bridgehead atoms. The maximum atomic E-state index is 12.9. The van der Waals surface area contributed by atoms with E-state index in [2.05, 4.69) is 0 Å². The van der Waals surface area contributed by atoms with Crippen molar-refractivity contribution in [1.82, 2.24) is 9.80 Å². The summed E-state index contributed by atoms with van der Waals surface area (Å²) in [5, 5.41) is 0.294. The molecular formula is C15H13Cl2F3N2O2. The fraction of sp³-hybridized carbons (Fsp3) is 0.467. The Hall–Kier alpha value is -1.31. The van der Waals surface area contributed by atoms with Gasteiger partial charge in [0.15, 0.2) is 0 Å². The highest BCUT2D eigenvalue weighted by molar-refractivity contribution is 6.43.